The average Bonchev–Trinajstić information content (AvgIpc) is 2.43. The Morgan fingerprint density at radius 2 is 2.15 bits per heavy atom. The molecule has 0 aliphatic carbocycles. The molecule has 0 atom stereocenters. The number of nitro groups is 1. The summed E-state index contributed by atoms with van der Waals surface area (Å²) in [4.78, 5) is 10.0. The number of terminal acetylenes is 1. The molecular weight excluding hydrogens is 284 g/mol. The maximum absolute atomic E-state index is 12.3. The molecule has 20 heavy (non-hydrogen) atoms. The smallest absolute Gasteiger partial charge is 0.312 e. The largest absolute Gasteiger partial charge is 0.490 e. The number of ether oxygens (including phenoxy) is 1. The summed E-state index contributed by atoms with van der Waals surface area (Å²) in [5.41, 5.74) is -0.412. The minimum atomic E-state index is -3.86. The van der Waals surface area contributed by atoms with Crippen molar-refractivity contribution in [3.8, 4) is 18.1 Å². The van der Waals surface area contributed by atoms with Crippen molar-refractivity contribution in [3.63, 3.8) is 0 Å². The van der Waals surface area contributed by atoms with Gasteiger partial charge in [-0.2, -0.15) is 4.31 Å². The van der Waals surface area contributed by atoms with Crippen molar-refractivity contribution < 1.29 is 18.1 Å². The van der Waals surface area contributed by atoms with Crippen LogP contribution < -0.4 is 4.74 Å². The Balaban J connectivity index is 3.37. The molecule has 0 fully saturated rings. The van der Waals surface area contributed by atoms with Gasteiger partial charge in [0.05, 0.1) is 23.5 Å². The number of nitro benzene ring substituents is 1. The monoisotopic (exact) mass is 298 g/mol. The lowest BCUT2D eigenvalue weighted by atomic mass is 10.3. The van der Waals surface area contributed by atoms with Gasteiger partial charge < -0.3 is 4.74 Å². The van der Waals surface area contributed by atoms with Crippen molar-refractivity contribution >= 4 is 15.7 Å². The summed E-state index contributed by atoms with van der Waals surface area (Å²) in [6.45, 7) is 1.71. The molecule has 108 valence electrons. The second-order valence-corrected chi connectivity index (χ2v) is 5.66. The van der Waals surface area contributed by atoms with Crippen LogP contribution in [0.2, 0.25) is 0 Å². The fourth-order valence-electron chi connectivity index (χ4n) is 1.59. The Kier molecular flexibility index (Phi) is 5.07. The van der Waals surface area contributed by atoms with Crippen LogP contribution in [0.25, 0.3) is 0 Å². The lowest BCUT2D eigenvalue weighted by Crippen LogP contribution is -2.31. The third kappa shape index (κ3) is 3.07. The number of nitrogens with zero attached hydrogens (tertiary/aromatic N) is 2. The predicted molar refractivity (Wildman–Crippen MR) is 72.9 cm³/mol. The quantitative estimate of drug-likeness (QED) is 0.448. The summed E-state index contributed by atoms with van der Waals surface area (Å²) in [5.74, 6) is 2.24. The highest BCUT2D eigenvalue weighted by molar-refractivity contribution is 7.89. The zero-order chi connectivity index (χ0) is 15.3. The molecule has 0 aliphatic heterocycles. The highest BCUT2D eigenvalue weighted by atomic mass is 32.2. The molecule has 0 aliphatic rings. The van der Waals surface area contributed by atoms with Gasteiger partial charge in [0.15, 0.2) is 5.75 Å². The Morgan fingerprint density at radius 1 is 1.50 bits per heavy atom. The van der Waals surface area contributed by atoms with E-state index >= 15 is 0 Å². The second kappa shape index (κ2) is 6.36. The van der Waals surface area contributed by atoms with Crippen molar-refractivity contribution in [2.75, 3.05) is 20.2 Å². The molecule has 0 saturated carbocycles. The Morgan fingerprint density at radius 3 is 2.60 bits per heavy atom. The predicted octanol–water partition coefficient (Wildman–Crippen LogP) is 1.25. The van der Waals surface area contributed by atoms with Gasteiger partial charge in [-0.15, -0.1) is 6.42 Å². The molecule has 0 unspecified atom stereocenters. The fourth-order valence-corrected chi connectivity index (χ4v) is 2.97. The normalized spacial score (nSPS) is 11.1. The van der Waals surface area contributed by atoms with Crippen molar-refractivity contribution in [1.82, 2.24) is 4.31 Å². The van der Waals surface area contributed by atoms with Crippen LogP contribution in [-0.2, 0) is 10.0 Å². The van der Waals surface area contributed by atoms with Gasteiger partial charge in [-0.05, 0) is 12.1 Å². The number of hydrogen-bond acceptors (Lipinski definition) is 5. The van der Waals surface area contributed by atoms with E-state index in [-0.39, 0.29) is 23.7 Å². The van der Waals surface area contributed by atoms with Gasteiger partial charge >= 0.3 is 5.69 Å². The molecule has 0 saturated heterocycles. The van der Waals surface area contributed by atoms with E-state index in [0.717, 1.165) is 10.4 Å². The van der Waals surface area contributed by atoms with Gasteiger partial charge in [0.25, 0.3) is 0 Å². The van der Waals surface area contributed by atoms with E-state index in [1.807, 2.05) is 0 Å². The maximum Gasteiger partial charge on any atom is 0.312 e. The van der Waals surface area contributed by atoms with Crippen LogP contribution in [0, 0.1) is 22.5 Å². The van der Waals surface area contributed by atoms with Crippen LogP contribution in [0.15, 0.2) is 23.1 Å². The van der Waals surface area contributed by atoms with Gasteiger partial charge in [0, 0.05) is 12.6 Å². The topological polar surface area (TPSA) is 89.8 Å². The van der Waals surface area contributed by atoms with Crippen molar-refractivity contribution in [2.45, 2.75) is 11.8 Å². The second-order valence-electron chi connectivity index (χ2n) is 3.73. The van der Waals surface area contributed by atoms with Crippen LogP contribution in [0.1, 0.15) is 6.92 Å². The third-order valence-corrected chi connectivity index (χ3v) is 4.52. The highest BCUT2D eigenvalue weighted by Gasteiger charge is 2.26. The first-order valence-electron chi connectivity index (χ1n) is 5.64. The lowest BCUT2D eigenvalue weighted by Gasteiger charge is -2.17. The Hall–Kier alpha value is -2.11. The van der Waals surface area contributed by atoms with Crippen LogP contribution in [0.3, 0.4) is 0 Å². The zero-order valence-electron chi connectivity index (χ0n) is 11.1. The molecule has 0 amide bonds. The van der Waals surface area contributed by atoms with Crippen LogP contribution in [0.5, 0.6) is 5.75 Å². The van der Waals surface area contributed by atoms with E-state index in [1.165, 1.54) is 19.2 Å². The molecule has 0 heterocycles. The molecule has 1 aromatic carbocycles. The highest BCUT2D eigenvalue weighted by Crippen LogP contribution is 2.30. The summed E-state index contributed by atoms with van der Waals surface area (Å²) in [7, 11) is -2.59. The third-order valence-electron chi connectivity index (χ3n) is 2.61. The van der Waals surface area contributed by atoms with Crippen molar-refractivity contribution in [2.24, 2.45) is 0 Å². The number of rotatable bonds is 6. The molecule has 0 aromatic heterocycles. The molecule has 1 rings (SSSR count). The first-order valence-corrected chi connectivity index (χ1v) is 7.08. The van der Waals surface area contributed by atoms with Gasteiger partial charge in [-0.3, -0.25) is 10.1 Å². The number of hydrogen-bond donors (Lipinski definition) is 0. The maximum atomic E-state index is 12.3. The molecule has 0 radical (unpaired) electrons. The molecular formula is C12H14N2O5S. The molecule has 0 N–H and O–H groups in total. The molecule has 7 nitrogen and oxygen atoms in total. The number of sulfonamides is 1. The van der Waals surface area contributed by atoms with Crippen LogP contribution in [-0.4, -0.2) is 37.8 Å². The average molecular weight is 298 g/mol. The van der Waals surface area contributed by atoms with Gasteiger partial charge in [0.1, 0.15) is 0 Å². The SMILES string of the molecule is C#CCN(CC)S(=O)(=O)c1ccc(OC)c([N+](=O)[O-])c1. The van der Waals surface area contributed by atoms with Crippen molar-refractivity contribution in [1.29, 1.82) is 0 Å². The van der Waals surface area contributed by atoms with Gasteiger partial charge in [-0.1, -0.05) is 12.8 Å². The summed E-state index contributed by atoms with van der Waals surface area (Å²) in [6.07, 6.45) is 5.12. The van der Waals surface area contributed by atoms with Crippen molar-refractivity contribution in [3.05, 3.63) is 28.3 Å². The number of benzene rings is 1. The van der Waals surface area contributed by atoms with Gasteiger partial charge in [0.2, 0.25) is 10.0 Å². The minimum absolute atomic E-state index is 0.00560. The summed E-state index contributed by atoms with van der Waals surface area (Å²) < 4.78 is 30.5. The van der Waals surface area contributed by atoms with E-state index in [1.54, 1.807) is 6.92 Å². The molecule has 0 bridgehead atoms. The lowest BCUT2D eigenvalue weighted by molar-refractivity contribution is -0.386. The van der Waals surface area contributed by atoms with Gasteiger partial charge in [-0.25, -0.2) is 8.42 Å². The van der Waals surface area contributed by atoms with E-state index in [0.29, 0.717) is 0 Å². The fraction of sp³-hybridized carbons (Fsp3) is 0.333. The van der Waals surface area contributed by atoms with Crippen LogP contribution >= 0.6 is 0 Å². The Bertz CT molecular complexity index is 648. The number of methoxy groups -OCH3 is 1. The van der Waals surface area contributed by atoms with Crippen LogP contribution in [0.4, 0.5) is 5.69 Å². The molecule has 1 aromatic rings. The van der Waals surface area contributed by atoms with E-state index in [2.05, 4.69) is 5.92 Å². The van der Waals surface area contributed by atoms with E-state index < -0.39 is 20.6 Å². The standard InChI is InChI=1S/C12H14N2O5S/c1-4-8-13(5-2)20(17,18)10-6-7-12(19-3)11(9-10)14(15)16/h1,6-7,9H,5,8H2,2-3H3. The first kappa shape index (κ1) is 15.9. The zero-order valence-corrected chi connectivity index (χ0v) is 11.9. The Labute approximate surface area is 117 Å². The molecule has 8 heteroatoms. The van der Waals surface area contributed by atoms with E-state index in [9.17, 15) is 18.5 Å². The van der Waals surface area contributed by atoms with E-state index in [4.69, 9.17) is 11.2 Å². The summed E-state index contributed by atoms with van der Waals surface area (Å²) in [6, 6.07) is 3.46. The first-order chi connectivity index (χ1) is 9.38. The molecule has 0 spiro atoms. The summed E-state index contributed by atoms with van der Waals surface area (Å²) in [5, 5.41) is 10.9. The minimum Gasteiger partial charge on any atom is -0.490 e. The summed E-state index contributed by atoms with van der Waals surface area (Å²) >= 11 is 0.